The molecule has 1 aromatic carbocycles. The maximum Gasteiger partial charge on any atom is 0.408 e. The lowest BCUT2D eigenvalue weighted by molar-refractivity contribution is -0.114. The Morgan fingerprint density at radius 3 is 2.36 bits per heavy atom. The number of ether oxygens (including phenoxy) is 1. The van der Waals surface area contributed by atoms with Gasteiger partial charge >= 0.3 is 6.09 Å². The van der Waals surface area contributed by atoms with Gasteiger partial charge in [-0.2, -0.15) is 0 Å². The van der Waals surface area contributed by atoms with Crippen LogP contribution in [0.1, 0.15) is 47.1 Å². The summed E-state index contributed by atoms with van der Waals surface area (Å²) in [5, 5.41) is 12.0. The van der Waals surface area contributed by atoms with E-state index in [9.17, 15) is 9.59 Å². The van der Waals surface area contributed by atoms with E-state index in [4.69, 9.17) is 4.74 Å². The highest BCUT2D eigenvalue weighted by atomic mass is 16.6. The molecule has 0 spiro atoms. The number of carbonyl (C=O) groups is 2. The van der Waals surface area contributed by atoms with Gasteiger partial charge in [0.1, 0.15) is 5.60 Å². The van der Waals surface area contributed by atoms with E-state index in [0.717, 1.165) is 11.3 Å². The molecule has 0 aliphatic rings. The lowest BCUT2D eigenvalue weighted by Gasteiger charge is -2.29. The first-order valence-corrected chi connectivity index (χ1v) is 9.22. The number of carbonyl (C=O) groups excluding carboxylic acids is 2. The number of rotatable bonds is 6. The molecular weight excluding hydrogens is 358 g/mol. The van der Waals surface area contributed by atoms with Crippen molar-refractivity contribution < 1.29 is 14.3 Å². The van der Waals surface area contributed by atoms with Crippen molar-refractivity contribution in [2.45, 2.75) is 59.2 Å². The summed E-state index contributed by atoms with van der Waals surface area (Å²) in [5.41, 5.74) is 0.667. The lowest BCUT2D eigenvalue weighted by Crippen LogP contribution is -2.54. The topological polar surface area (TPSA) is 104 Å². The number of nitrogens with one attached hydrogen (secondary N) is 4. The molecule has 0 atom stereocenters. The van der Waals surface area contributed by atoms with E-state index in [2.05, 4.69) is 26.3 Å². The van der Waals surface area contributed by atoms with E-state index in [-0.39, 0.29) is 5.91 Å². The molecule has 28 heavy (non-hydrogen) atoms. The van der Waals surface area contributed by atoms with Gasteiger partial charge in [0, 0.05) is 32.7 Å². The average Bonchev–Trinajstić information content (AvgIpc) is 2.52. The Morgan fingerprint density at radius 2 is 1.79 bits per heavy atom. The number of hydrogen-bond acceptors (Lipinski definition) is 4. The SMILES string of the molecule is CN=C(NCc1cccc(NC(C)=O)c1)NCC(C)(C)NC(=O)OC(C)(C)C. The van der Waals surface area contributed by atoms with Crippen LogP contribution in [-0.4, -0.2) is 42.7 Å². The predicted molar refractivity (Wildman–Crippen MR) is 112 cm³/mol. The number of hydrogen-bond donors (Lipinski definition) is 4. The van der Waals surface area contributed by atoms with Crippen LogP contribution in [-0.2, 0) is 16.1 Å². The van der Waals surface area contributed by atoms with Gasteiger partial charge in [-0.25, -0.2) is 4.79 Å². The van der Waals surface area contributed by atoms with Crippen LogP contribution >= 0.6 is 0 Å². The van der Waals surface area contributed by atoms with E-state index in [1.165, 1.54) is 6.92 Å². The molecule has 4 N–H and O–H groups in total. The predicted octanol–water partition coefficient (Wildman–Crippen LogP) is 2.61. The molecule has 0 saturated carbocycles. The molecule has 1 rings (SSSR count). The number of anilines is 1. The van der Waals surface area contributed by atoms with Crippen LogP contribution in [0.15, 0.2) is 29.3 Å². The van der Waals surface area contributed by atoms with Gasteiger partial charge in [0.25, 0.3) is 0 Å². The monoisotopic (exact) mass is 391 g/mol. The summed E-state index contributed by atoms with van der Waals surface area (Å²) in [6, 6.07) is 7.57. The summed E-state index contributed by atoms with van der Waals surface area (Å²) < 4.78 is 5.30. The number of benzene rings is 1. The summed E-state index contributed by atoms with van der Waals surface area (Å²) in [5.74, 6) is 0.492. The average molecular weight is 392 g/mol. The molecule has 0 aliphatic heterocycles. The third kappa shape index (κ3) is 9.80. The fraction of sp³-hybridized carbons (Fsp3) is 0.550. The van der Waals surface area contributed by atoms with Crippen molar-refractivity contribution in [2.75, 3.05) is 18.9 Å². The highest BCUT2D eigenvalue weighted by Gasteiger charge is 2.24. The van der Waals surface area contributed by atoms with Crippen LogP contribution in [0.4, 0.5) is 10.5 Å². The molecule has 8 heteroatoms. The van der Waals surface area contributed by atoms with Crippen molar-refractivity contribution in [1.29, 1.82) is 0 Å². The zero-order valence-corrected chi connectivity index (χ0v) is 17.9. The van der Waals surface area contributed by atoms with Gasteiger partial charge in [-0.05, 0) is 52.3 Å². The molecule has 0 aliphatic carbocycles. The first-order valence-electron chi connectivity index (χ1n) is 9.22. The minimum Gasteiger partial charge on any atom is -0.444 e. The van der Waals surface area contributed by atoms with Gasteiger partial charge in [-0.15, -0.1) is 0 Å². The number of nitrogens with zero attached hydrogens (tertiary/aromatic N) is 1. The molecular formula is C20H33N5O3. The Hall–Kier alpha value is -2.77. The first kappa shape index (κ1) is 23.3. The molecule has 0 saturated heterocycles. The molecule has 0 radical (unpaired) electrons. The van der Waals surface area contributed by atoms with Gasteiger partial charge in [-0.1, -0.05) is 12.1 Å². The molecule has 8 nitrogen and oxygen atoms in total. The second-order valence-electron chi connectivity index (χ2n) is 8.17. The summed E-state index contributed by atoms with van der Waals surface area (Å²) >= 11 is 0. The zero-order chi connectivity index (χ0) is 21.4. The third-order valence-electron chi connectivity index (χ3n) is 3.47. The molecule has 0 aromatic heterocycles. The van der Waals surface area contributed by atoms with E-state index < -0.39 is 17.2 Å². The van der Waals surface area contributed by atoms with Gasteiger partial charge in [0.05, 0.1) is 5.54 Å². The standard InChI is InChI=1S/C20H33N5O3/c1-14(26)24-16-10-8-9-15(11-16)12-22-17(21-7)23-13-20(5,6)25-18(27)28-19(2,3)4/h8-11H,12-13H2,1-7H3,(H,24,26)(H,25,27)(H2,21,22,23). The van der Waals surface area contributed by atoms with Crippen molar-refractivity contribution in [3.8, 4) is 0 Å². The minimum absolute atomic E-state index is 0.109. The summed E-state index contributed by atoms with van der Waals surface area (Å²) in [4.78, 5) is 27.3. The fourth-order valence-electron chi connectivity index (χ4n) is 2.30. The van der Waals surface area contributed by atoms with Gasteiger partial charge in [-0.3, -0.25) is 9.79 Å². The zero-order valence-electron chi connectivity index (χ0n) is 17.9. The Morgan fingerprint density at radius 1 is 1.11 bits per heavy atom. The third-order valence-corrected chi connectivity index (χ3v) is 3.47. The Labute approximate surface area is 167 Å². The molecule has 156 valence electrons. The van der Waals surface area contributed by atoms with Crippen LogP contribution < -0.4 is 21.3 Å². The Balaban J connectivity index is 2.54. The van der Waals surface area contributed by atoms with Gasteiger partial charge in [0.2, 0.25) is 5.91 Å². The molecule has 0 fully saturated rings. The van der Waals surface area contributed by atoms with E-state index in [0.29, 0.717) is 19.0 Å². The number of guanidine groups is 1. The fourth-order valence-corrected chi connectivity index (χ4v) is 2.30. The quantitative estimate of drug-likeness (QED) is 0.441. The molecule has 2 amide bonds. The molecule has 1 aromatic rings. The van der Waals surface area contributed by atoms with Crippen molar-refractivity contribution in [2.24, 2.45) is 4.99 Å². The number of amides is 2. The Kier molecular flexibility index (Phi) is 8.28. The van der Waals surface area contributed by atoms with Crippen LogP contribution in [0.25, 0.3) is 0 Å². The van der Waals surface area contributed by atoms with Crippen LogP contribution in [0.3, 0.4) is 0 Å². The van der Waals surface area contributed by atoms with Gasteiger partial charge in [0.15, 0.2) is 5.96 Å². The van der Waals surface area contributed by atoms with Crippen LogP contribution in [0.2, 0.25) is 0 Å². The Bertz CT molecular complexity index is 708. The number of aliphatic imine (C=N–C) groups is 1. The van der Waals surface area contributed by atoms with Crippen molar-refractivity contribution in [1.82, 2.24) is 16.0 Å². The van der Waals surface area contributed by atoms with Crippen molar-refractivity contribution in [3.63, 3.8) is 0 Å². The van der Waals surface area contributed by atoms with Crippen LogP contribution in [0, 0.1) is 0 Å². The van der Waals surface area contributed by atoms with Crippen LogP contribution in [0.5, 0.6) is 0 Å². The maximum atomic E-state index is 12.0. The molecule has 0 unspecified atom stereocenters. The molecule has 0 bridgehead atoms. The van der Waals surface area contributed by atoms with E-state index in [1.807, 2.05) is 58.9 Å². The summed E-state index contributed by atoms with van der Waals surface area (Å²) in [7, 11) is 1.68. The minimum atomic E-state index is -0.545. The normalized spacial score (nSPS) is 12.2. The summed E-state index contributed by atoms with van der Waals surface area (Å²) in [6.07, 6.45) is -0.461. The second-order valence-corrected chi connectivity index (χ2v) is 8.17. The van der Waals surface area contributed by atoms with E-state index >= 15 is 0 Å². The molecule has 0 heterocycles. The maximum absolute atomic E-state index is 12.0. The number of alkyl carbamates (subject to hydrolysis) is 1. The summed E-state index contributed by atoms with van der Waals surface area (Å²) in [6.45, 7) is 11.7. The highest BCUT2D eigenvalue weighted by Crippen LogP contribution is 2.11. The van der Waals surface area contributed by atoms with Crippen molar-refractivity contribution in [3.05, 3.63) is 29.8 Å². The second kappa shape index (κ2) is 9.96. The van der Waals surface area contributed by atoms with E-state index in [1.54, 1.807) is 7.05 Å². The first-order chi connectivity index (χ1) is 12.9. The lowest BCUT2D eigenvalue weighted by atomic mass is 10.1. The van der Waals surface area contributed by atoms with Gasteiger partial charge < -0.3 is 26.0 Å². The largest absolute Gasteiger partial charge is 0.444 e. The highest BCUT2D eigenvalue weighted by molar-refractivity contribution is 5.88. The smallest absolute Gasteiger partial charge is 0.408 e. The van der Waals surface area contributed by atoms with Crippen molar-refractivity contribution >= 4 is 23.6 Å².